The number of benzene rings is 1. The van der Waals surface area contributed by atoms with E-state index in [-0.39, 0.29) is 0 Å². The van der Waals surface area contributed by atoms with Gasteiger partial charge in [0.2, 0.25) is 0 Å². The Morgan fingerprint density at radius 3 is 2.57 bits per heavy atom. The predicted octanol–water partition coefficient (Wildman–Crippen LogP) is 4.21. The Balaban J connectivity index is 1.66. The minimum Gasteiger partial charge on any atom is -0.494 e. The Labute approximate surface area is 165 Å². The minimum atomic E-state index is 0.617. The molecule has 0 bridgehead atoms. The van der Waals surface area contributed by atoms with Crippen molar-refractivity contribution in [3.63, 3.8) is 0 Å². The van der Waals surface area contributed by atoms with E-state index in [1.165, 1.54) is 0 Å². The van der Waals surface area contributed by atoms with Gasteiger partial charge in [-0.15, -0.1) is 0 Å². The Bertz CT molecular complexity index is 946. The lowest BCUT2D eigenvalue weighted by Gasteiger charge is -2.07. The van der Waals surface area contributed by atoms with E-state index in [4.69, 9.17) is 4.74 Å². The molecule has 0 saturated carbocycles. The minimum absolute atomic E-state index is 0.617. The SMILES string of the molecule is CCCCOc1ccc(/C=N\Nc2cc(-n3nc(C)cc3C)nc(C)n2)cc1. The normalized spacial score (nSPS) is 11.1. The molecular formula is C21H26N6O. The first kappa shape index (κ1) is 19.5. The molecule has 2 aromatic heterocycles. The van der Waals surface area contributed by atoms with E-state index in [1.54, 1.807) is 10.9 Å². The number of aryl methyl sites for hydroxylation is 3. The summed E-state index contributed by atoms with van der Waals surface area (Å²) >= 11 is 0. The van der Waals surface area contributed by atoms with Crippen LogP contribution in [0.1, 0.15) is 42.5 Å². The lowest BCUT2D eigenvalue weighted by molar-refractivity contribution is 0.309. The summed E-state index contributed by atoms with van der Waals surface area (Å²) in [6.45, 7) is 8.70. The lowest BCUT2D eigenvalue weighted by atomic mass is 10.2. The molecule has 0 amide bonds. The monoisotopic (exact) mass is 378 g/mol. The van der Waals surface area contributed by atoms with Crippen molar-refractivity contribution in [3.05, 3.63) is 59.2 Å². The van der Waals surface area contributed by atoms with Crippen LogP contribution in [0.3, 0.4) is 0 Å². The van der Waals surface area contributed by atoms with E-state index in [9.17, 15) is 0 Å². The molecule has 7 nitrogen and oxygen atoms in total. The Kier molecular flexibility index (Phi) is 6.37. The maximum atomic E-state index is 5.67. The molecule has 146 valence electrons. The van der Waals surface area contributed by atoms with Crippen LogP contribution in [0.2, 0.25) is 0 Å². The van der Waals surface area contributed by atoms with E-state index < -0.39 is 0 Å². The van der Waals surface area contributed by atoms with Crippen LogP contribution in [-0.4, -0.2) is 32.6 Å². The standard InChI is InChI=1S/C21H26N6O/c1-5-6-11-28-19-9-7-18(8-10-19)14-22-25-20-13-21(24-17(4)23-20)27-16(3)12-15(2)26-27/h7-10,12-14H,5-6,11H2,1-4H3,(H,23,24,25)/b22-14-. The second-order valence-electron chi connectivity index (χ2n) is 6.64. The van der Waals surface area contributed by atoms with E-state index >= 15 is 0 Å². The molecule has 28 heavy (non-hydrogen) atoms. The van der Waals surface area contributed by atoms with Crippen molar-refractivity contribution in [1.29, 1.82) is 0 Å². The zero-order valence-corrected chi connectivity index (χ0v) is 16.8. The van der Waals surface area contributed by atoms with Crippen molar-refractivity contribution in [2.45, 2.75) is 40.5 Å². The Hall–Kier alpha value is -3.22. The van der Waals surface area contributed by atoms with E-state index in [0.29, 0.717) is 17.5 Å². The molecule has 0 aliphatic rings. The van der Waals surface area contributed by atoms with Crippen molar-refractivity contribution in [1.82, 2.24) is 19.7 Å². The van der Waals surface area contributed by atoms with Crippen molar-refractivity contribution in [3.8, 4) is 11.6 Å². The molecular weight excluding hydrogens is 352 g/mol. The molecule has 3 aromatic rings. The maximum Gasteiger partial charge on any atom is 0.159 e. The first-order valence-corrected chi connectivity index (χ1v) is 9.46. The van der Waals surface area contributed by atoms with E-state index in [1.807, 2.05) is 57.2 Å². The molecule has 2 heterocycles. The molecule has 7 heteroatoms. The van der Waals surface area contributed by atoms with Gasteiger partial charge in [0, 0.05) is 11.8 Å². The molecule has 0 aliphatic heterocycles. The van der Waals surface area contributed by atoms with Crippen LogP contribution in [0.4, 0.5) is 5.82 Å². The molecule has 1 aromatic carbocycles. The van der Waals surface area contributed by atoms with Gasteiger partial charge in [-0.3, -0.25) is 5.43 Å². The largest absolute Gasteiger partial charge is 0.494 e. The van der Waals surface area contributed by atoms with Crippen molar-refractivity contribution in [2.75, 3.05) is 12.0 Å². The Morgan fingerprint density at radius 1 is 1.11 bits per heavy atom. The average molecular weight is 378 g/mol. The fourth-order valence-electron chi connectivity index (χ4n) is 2.74. The van der Waals surface area contributed by atoms with Crippen LogP contribution in [0, 0.1) is 20.8 Å². The third-order valence-electron chi connectivity index (χ3n) is 4.09. The summed E-state index contributed by atoms with van der Waals surface area (Å²) in [5, 5.41) is 8.76. The number of aromatic nitrogens is 4. The second-order valence-corrected chi connectivity index (χ2v) is 6.64. The molecule has 0 saturated heterocycles. The van der Waals surface area contributed by atoms with Gasteiger partial charge < -0.3 is 4.74 Å². The number of hydrogen-bond donors (Lipinski definition) is 1. The lowest BCUT2D eigenvalue weighted by Crippen LogP contribution is -2.06. The molecule has 0 fully saturated rings. The third-order valence-corrected chi connectivity index (χ3v) is 4.09. The van der Waals surface area contributed by atoms with Crippen LogP contribution in [0.25, 0.3) is 5.82 Å². The van der Waals surface area contributed by atoms with Gasteiger partial charge in [-0.1, -0.05) is 13.3 Å². The predicted molar refractivity (Wildman–Crippen MR) is 111 cm³/mol. The van der Waals surface area contributed by atoms with Gasteiger partial charge in [-0.2, -0.15) is 10.2 Å². The fourth-order valence-corrected chi connectivity index (χ4v) is 2.74. The van der Waals surface area contributed by atoms with E-state index in [2.05, 4.69) is 32.5 Å². The first-order chi connectivity index (χ1) is 13.5. The smallest absolute Gasteiger partial charge is 0.159 e. The number of rotatable bonds is 8. The average Bonchev–Trinajstić information content (AvgIpc) is 3.01. The van der Waals surface area contributed by atoms with Crippen LogP contribution in [0.5, 0.6) is 5.75 Å². The molecule has 0 radical (unpaired) electrons. The summed E-state index contributed by atoms with van der Waals surface area (Å²) in [4.78, 5) is 8.85. The first-order valence-electron chi connectivity index (χ1n) is 9.46. The van der Waals surface area contributed by atoms with Gasteiger partial charge >= 0.3 is 0 Å². The summed E-state index contributed by atoms with van der Waals surface area (Å²) in [5.41, 5.74) is 5.91. The van der Waals surface area contributed by atoms with Gasteiger partial charge in [0.05, 0.1) is 18.5 Å². The fraction of sp³-hybridized carbons (Fsp3) is 0.333. The van der Waals surface area contributed by atoms with Crippen molar-refractivity contribution in [2.24, 2.45) is 5.10 Å². The van der Waals surface area contributed by atoms with Gasteiger partial charge in [0.25, 0.3) is 0 Å². The second kappa shape index (κ2) is 9.12. The number of hydrogen-bond acceptors (Lipinski definition) is 6. The highest BCUT2D eigenvalue weighted by Crippen LogP contribution is 2.14. The van der Waals surface area contributed by atoms with Crippen LogP contribution in [-0.2, 0) is 0 Å². The van der Waals surface area contributed by atoms with Crippen LogP contribution < -0.4 is 10.2 Å². The van der Waals surface area contributed by atoms with Gasteiger partial charge in [-0.05, 0) is 63.1 Å². The zero-order chi connectivity index (χ0) is 19.9. The summed E-state index contributed by atoms with van der Waals surface area (Å²) in [7, 11) is 0. The maximum absolute atomic E-state index is 5.67. The molecule has 1 N–H and O–H groups in total. The molecule has 0 spiro atoms. The number of anilines is 1. The molecule has 0 atom stereocenters. The summed E-state index contributed by atoms with van der Waals surface area (Å²) in [6, 6.07) is 11.7. The van der Waals surface area contributed by atoms with Crippen molar-refractivity contribution < 1.29 is 4.74 Å². The summed E-state index contributed by atoms with van der Waals surface area (Å²) in [5.74, 6) is 2.85. The number of ether oxygens (including phenoxy) is 1. The van der Waals surface area contributed by atoms with Crippen molar-refractivity contribution >= 4 is 12.0 Å². The van der Waals surface area contributed by atoms with Gasteiger partial charge in [0.15, 0.2) is 11.6 Å². The third kappa shape index (κ3) is 5.16. The van der Waals surface area contributed by atoms with Gasteiger partial charge in [-0.25, -0.2) is 14.6 Å². The summed E-state index contributed by atoms with van der Waals surface area (Å²) < 4.78 is 7.47. The van der Waals surface area contributed by atoms with Crippen LogP contribution in [0.15, 0.2) is 41.5 Å². The summed E-state index contributed by atoms with van der Waals surface area (Å²) in [6.07, 6.45) is 3.93. The topological polar surface area (TPSA) is 77.2 Å². The quantitative estimate of drug-likeness (QED) is 0.361. The number of hydrazone groups is 1. The molecule has 0 aliphatic carbocycles. The van der Waals surface area contributed by atoms with E-state index in [0.717, 1.165) is 42.1 Å². The Morgan fingerprint density at radius 2 is 1.89 bits per heavy atom. The highest BCUT2D eigenvalue weighted by Gasteiger charge is 2.08. The van der Waals surface area contributed by atoms with Gasteiger partial charge in [0.1, 0.15) is 11.6 Å². The zero-order valence-electron chi connectivity index (χ0n) is 16.8. The number of nitrogens with one attached hydrogen (secondary N) is 1. The molecule has 0 unspecified atom stereocenters. The van der Waals surface area contributed by atoms with Crippen LogP contribution >= 0.6 is 0 Å². The highest BCUT2D eigenvalue weighted by molar-refractivity contribution is 5.80. The molecule has 3 rings (SSSR count). The highest BCUT2D eigenvalue weighted by atomic mass is 16.5. The number of unbranched alkanes of at least 4 members (excludes halogenated alkanes) is 1. The number of nitrogens with zero attached hydrogens (tertiary/aromatic N) is 5.